The molecule has 0 heterocycles. The summed E-state index contributed by atoms with van der Waals surface area (Å²) in [5.41, 5.74) is 0.871. The maximum atomic E-state index is 6.15. The average Bonchev–Trinajstić information content (AvgIpc) is 2.20. The van der Waals surface area contributed by atoms with Gasteiger partial charge in [-0.1, -0.05) is 11.6 Å². The van der Waals surface area contributed by atoms with Crippen molar-refractivity contribution in [2.24, 2.45) is 0 Å². The molecule has 0 radical (unpaired) electrons. The molecular formula is C12H19ClN2O. The van der Waals surface area contributed by atoms with Gasteiger partial charge in [-0.3, -0.25) is 0 Å². The zero-order chi connectivity index (χ0) is 12.2. The van der Waals surface area contributed by atoms with E-state index in [2.05, 4.69) is 24.5 Å². The summed E-state index contributed by atoms with van der Waals surface area (Å²) < 4.78 is 5.10. The van der Waals surface area contributed by atoms with Crippen LogP contribution in [-0.2, 0) is 0 Å². The fourth-order valence-electron chi connectivity index (χ4n) is 1.57. The predicted molar refractivity (Wildman–Crippen MR) is 69.6 cm³/mol. The lowest BCUT2D eigenvalue weighted by Crippen LogP contribution is -2.40. The van der Waals surface area contributed by atoms with Crippen molar-refractivity contribution in [2.75, 3.05) is 26.0 Å². The van der Waals surface area contributed by atoms with E-state index in [0.717, 1.165) is 18.0 Å². The first kappa shape index (κ1) is 13.1. The third-order valence-corrected chi connectivity index (χ3v) is 2.58. The van der Waals surface area contributed by atoms with Gasteiger partial charge in [-0.25, -0.2) is 0 Å². The van der Waals surface area contributed by atoms with Crippen LogP contribution in [0, 0.1) is 0 Å². The molecule has 0 bridgehead atoms. The summed E-state index contributed by atoms with van der Waals surface area (Å²) in [5, 5.41) is 7.20. The summed E-state index contributed by atoms with van der Waals surface area (Å²) in [7, 11) is 3.56. The molecule has 0 spiro atoms. The molecule has 0 saturated carbocycles. The lowest BCUT2D eigenvalue weighted by Gasteiger charge is -2.27. The van der Waals surface area contributed by atoms with Gasteiger partial charge in [-0.2, -0.15) is 0 Å². The smallest absolute Gasteiger partial charge is 0.120 e. The van der Waals surface area contributed by atoms with Gasteiger partial charge in [0.25, 0.3) is 0 Å². The molecule has 4 heteroatoms. The first-order valence-corrected chi connectivity index (χ1v) is 5.62. The molecule has 0 unspecified atom stereocenters. The maximum Gasteiger partial charge on any atom is 0.120 e. The van der Waals surface area contributed by atoms with E-state index in [1.54, 1.807) is 13.2 Å². The number of hydrogen-bond donors (Lipinski definition) is 2. The number of ether oxygens (including phenoxy) is 1. The van der Waals surface area contributed by atoms with Crippen molar-refractivity contribution in [3.05, 3.63) is 23.2 Å². The quantitative estimate of drug-likeness (QED) is 0.833. The number of likely N-dealkylation sites (N-methyl/N-ethyl adjacent to an activating group) is 1. The van der Waals surface area contributed by atoms with Crippen molar-refractivity contribution in [1.29, 1.82) is 0 Å². The molecule has 0 aliphatic carbocycles. The second kappa shape index (κ2) is 5.41. The normalized spacial score (nSPS) is 11.3. The average molecular weight is 243 g/mol. The molecule has 16 heavy (non-hydrogen) atoms. The second-order valence-electron chi connectivity index (χ2n) is 4.38. The van der Waals surface area contributed by atoms with E-state index < -0.39 is 0 Å². The Kier molecular flexibility index (Phi) is 4.44. The van der Waals surface area contributed by atoms with E-state index in [4.69, 9.17) is 16.3 Å². The fraction of sp³-hybridized carbons (Fsp3) is 0.500. The van der Waals surface area contributed by atoms with E-state index >= 15 is 0 Å². The Balaban J connectivity index is 2.81. The topological polar surface area (TPSA) is 33.3 Å². The molecule has 0 saturated heterocycles. The molecule has 0 aliphatic heterocycles. The third kappa shape index (κ3) is 3.58. The number of halogens is 1. The minimum absolute atomic E-state index is 0.0486. The Labute approximate surface area is 102 Å². The largest absolute Gasteiger partial charge is 0.497 e. The molecule has 90 valence electrons. The van der Waals surface area contributed by atoms with E-state index in [0.29, 0.717) is 5.02 Å². The lowest BCUT2D eigenvalue weighted by molar-refractivity contribution is 0.415. The number of methoxy groups -OCH3 is 1. The van der Waals surface area contributed by atoms with Crippen LogP contribution >= 0.6 is 11.6 Å². The summed E-state index contributed by atoms with van der Waals surface area (Å²) in [4.78, 5) is 0. The Hall–Kier alpha value is -0.930. The number of hydrogen-bond acceptors (Lipinski definition) is 3. The van der Waals surface area contributed by atoms with Crippen molar-refractivity contribution in [2.45, 2.75) is 19.4 Å². The molecule has 0 aromatic heterocycles. The highest BCUT2D eigenvalue weighted by atomic mass is 35.5. The first-order valence-electron chi connectivity index (χ1n) is 5.25. The summed E-state index contributed by atoms with van der Waals surface area (Å²) >= 11 is 6.15. The Bertz CT molecular complexity index is 353. The van der Waals surface area contributed by atoms with E-state index in [1.807, 2.05) is 19.2 Å². The summed E-state index contributed by atoms with van der Waals surface area (Å²) in [5.74, 6) is 0.766. The number of anilines is 1. The van der Waals surface area contributed by atoms with Crippen LogP contribution in [0.5, 0.6) is 5.75 Å². The highest BCUT2D eigenvalue weighted by molar-refractivity contribution is 6.33. The van der Waals surface area contributed by atoms with Gasteiger partial charge in [-0.15, -0.1) is 0 Å². The van der Waals surface area contributed by atoms with E-state index in [-0.39, 0.29) is 5.54 Å². The molecule has 0 atom stereocenters. The summed E-state index contributed by atoms with van der Waals surface area (Å²) in [6.07, 6.45) is 0. The van der Waals surface area contributed by atoms with Crippen molar-refractivity contribution >= 4 is 17.3 Å². The number of nitrogens with one attached hydrogen (secondary N) is 2. The van der Waals surface area contributed by atoms with Crippen molar-refractivity contribution in [1.82, 2.24) is 5.32 Å². The summed E-state index contributed by atoms with van der Waals surface area (Å²) in [6, 6.07) is 5.63. The van der Waals surface area contributed by atoms with Crippen molar-refractivity contribution in [3.63, 3.8) is 0 Å². The van der Waals surface area contributed by atoms with E-state index in [9.17, 15) is 0 Å². The van der Waals surface area contributed by atoms with Gasteiger partial charge in [0, 0.05) is 18.2 Å². The van der Waals surface area contributed by atoms with Gasteiger partial charge < -0.3 is 15.4 Å². The lowest BCUT2D eigenvalue weighted by atomic mass is 10.1. The zero-order valence-electron chi connectivity index (χ0n) is 10.2. The Morgan fingerprint density at radius 3 is 2.56 bits per heavy atom. The molecular weight excluding hydrogens is 224 g/mol. The van der Waals surface area contributed by atoms with Crippen LogP contribution in [0.1, 0.15) is 13.8 Å². The third-order valence-electron chi connectivity index (χ3n) is 2.27. The molecule has 1 rings (SSSR count). The van der Waals surface area contributed by atoms with Crippen LogP contribution in [0.3, 0.4) is 0 Å². The zero-order valence-corrected chi connectivity index (χ0v) is 11.0. The van der Waals surface area contributed by atoms with Crippen LogP contribution < -0.4 is 15.4 Å². The maximum absolute atomic E-state index is 6.15. The highest BCUT2D eigenvalue weighted by Gasteiger charge is 2.17. The molecule has 2 N–H and O–H groups in total. The SMILES string of the molecule is CNCC(C)(C)Nc1ccc(OC)cc1Cl. The van der Waals surface area contributed by atoms with Gasteiger partial charge in [0.2, 0.25) is 0 Å². The second-order valence-corrected chi connectivity index (χ2v) is 4.79. The number of benzene rings is 1. The molecule has 0 aliphatic rings. The van der Waals surface area contributed by atoms with Crippen molar-refractivity contribution < 1.29 is 4.74 Å². The van der Waals surface area contributed by atoms with Crippen molar-refractivity contribution in [3.8, 4) is 5.75 Å². The minimum Gasteiger partial charge on any atom is -0.497 e. The van der Waals surface area contributed by atoms with E-state index in [1.165, 1.54) is 0 Å². The molecule has 1 aromatic carbocycles. The van der Waals surface area contributed by atoms with Gasteiger partial charge >= 0.3 is 0 Å². The van der Waals surface area contributed by atoms with Crippen LogP contribution in [0.4, 0.5) is 5.69 Å². The van der Waals surface area contributed by atoms with Gasteiger partial charge in [0.1, 0.15) is 5.75 Å². The van der Waals surface area contributed by atoms with Gasteiger partial charge in [-0.05, 0) is 33.0 Å². The molecule has 3 nitrogen and oxygen atoms in total. The van der Waals surface area contributed by atoms with Crippen LogP contribution in [0.25, 0.3) is 0 Å². The van der Waals surface area contributed by atoms with Gasteiger partial charge in [0.05, 0.1) is 17.8 Å². The van der Waals surface area contributed by atoms with Gasteiger partial charge in [0.15, 0.2) is 0 Å². The van der Waals surface area contributed by atoms with Crippen LogP contribution in [0.15, 0.2) is 18.2 Å². The Morgan fingerprint density at radius 1 is 1.38 bits per heavy atom. The fourth-order valence-corrected chi connectivity index (χ4v) is 1.79. The standard InChI is InChI=1S/C12H19ClN2O/c1-12(2,8-14-3)15-11-6-5-9(16-4)7-10(11)13/h5-7,14-15H,8H2,1-4H3. The number of rotatable bonds is 5. The van der Waals surface area contributed by atoms with Crippen LogP contribution in [0.2, 0.25) is 5.02 Å². The van der Waals surface area contributed by atoms with Crippen LogP contribution in [-0.4, -0.2) is 26.2 Å². The molecule has 0 fully saturated rings. The monoisotopic (exact) mass is 242 g/mol. The first-order chi connectivity index (χ1) is 7.48. The summed E-state index contributed by atoms with van der Waals surface area (Å²) in [6.45, 7) is 5.09. The predicted octanol–water partition coefficient (Wildman–Crippen LogP) is 2.76. The molecule has 0 amide bonds. The minimum atomic E-state index is -0.0486. The highest BCUT2D eigenvalue weighted by Crippen LogP contribution is 2.28. The Morgan fingerprint density at radius 2 is 2.06 bits per heavy atom. The molecule has 1 aromatic rings.